The van der Waals surface area contributed by atoms with Gasteiger partial charge in [-0.3, -0.25) is 4.90 Å². The highest BCUT2D eigenvalue weighted by atomic mass is 16.2. The van der Waals surface area contributed by atoms with Crippen LogP contribution in [0.5, 0.6) is 0 Å². The number of hydrogen-bond acceptors (Lipinski definition) is 3. The molecule has 0 aromatic heterocycles. The summed E-state index contributed by atoms with van der Waals surface area (Å²) in [5.74, 6) is 0. The zero-order chi connectivity index (χ0) is 20.5. The maximum absolute atomic E-state index is 12.2. The number of rotatable bonds is 8. The lowest BCUT2D eigenvalue weighted by Crippen LogP contribution is -2.34. The molecular formula is C24H34N4O. The molecule has 0 saturated carbocycles. The monoisotopic (exact) mass is 394 g/mol. The van der Waals surface area contributed by atoms with Crippen LogP contribution in [0, 0.1) is 0 Å². The molecule has 1 heterocycles. The Kier molecular flexibility index (Phi) is 8.08. The number of benzene rings is 2. The number of nitrogens with zero attached hydrogens (tertiary/aromatic N) is 2. The highest BCUT2D eigenvalue weighted by molar-refractivity contribution is 5.73. The number of likely N-dealkylation sites (tertiary alicyclic amines) is 1. The van der Waals surface area contributed by atoms with E-state index in [-0.39, 0.29) is 6.03 Å². The quantitative estimate of drug-likeness (QED) is 0.717. The predicted molar refractivity (Wildman–Crippen MR) is 118 cm³/mol. The molecule has 2 amide bonds. The highest BCUT2D eigenvalue weighted by Crippen LogP contribution is 2.14. The van der Waals surface area contributed by atoms with E-state index in [0.29, 0.717) is 13.1 Å². The number of piperidine rings is 1. The average Bonchev–Trinajstić information content (AvgIpc) is 2.73. The molecule has 0 bridgehead atoms. The average molecular weight is 395 g/mol. The van der Waals surface area contributed by atoms with Gasteiger partial charge in [-0.1, -0.05) is 55.0 Å². The number of hydrogen-bond donors (Lipinski definition) is 2. The Balaban J connectivity index is 1.42. The van der Waals surface area contributed by atoms with E-state index in [2.05, 4.69) is 70.9 Å². The van der Waals surface area contributed by atoms with Gasteiger partial charge in [-0.15, -0.1) is 0 Å². The van der Waals surface area contributed by atoms with Gasteiger partial charge in [0.05, 0.1) is 0 Å². The van der Waals surface area contributed by atoms with Crippen molar-refractivity contribution >= 4 is 6.03 Å². The van der Waals surface area contributed by atoms with E-state index in [1.165, 1.54) is 43.5 Å². The molecule has 5 nitrogen and oxygen atoms in total. The predicted octanol–water partition coefficient (Wildman–Crippen LogP) is 3.73. The van der Waals surface area contributed by atoms with Crippen LogP contribution in [0.25, 0.3) is 0 Å². The topological polar surface area (TPSA) is 47.6 Å². The van der Waals surface area contributed by atoms with Crippen molar-refractivity contribution in [3.05, 3.63) is 70.8 Å². The second-order valence-corrected chi connectivity index (χ2v) is 8.20. The maximum Gasteiger partial charge on any atom is 0.315 e. The molecule has 0 radical (unpaired) electrons. The first kappa shape index (κ1) is 21.3. The summed E-state index contributed by atoms with van der Waals surface area (Å²) in [6, 6.07) is 16.7. The van der Waals surface area contributed by atoms with E-state index in [1.807, 2.05) is 12.1 Å². The van der Waals surface area contributed by atoms with E-state index < -0.39 is 0 Å². The van der Waals surface area contributed by atoms with Crippen LogP contribution in [0.1, 0.15) is 41.5 Å². The van der Waals surface area contributed by atoms with Crippen molar-refractivity contribution in [2.24, 2.45) is 0 Å². The summed E-state index contributed by atoms with van der Waals surface area (Å²) in [5.41, 5.74) is 4.86. The Hall–Kier alpha value is -2.37. The van der Waals surface area contributed by atoms with Crippen LogP contribution in [-0.4, -0.2) is 43.0 Å². The van der Waals surface area contributed by atoms with Crippen LogP contribution in [0.3, 0.4) is 0 Å². The standard InChI is InChI=1S/C24H34N4O/c1-27(2)19-23-9-5-4-8-22(23)17-26-24(29)25-16-20-10-12-21(13-11-20)18-28-14-6-3-7-15-28/h4-5,8-13H,3,6-7,14-19H2,1-2H3,(H2,25,26,29). The fourth-order valence-electron chi connectivity index (χ4n) is 3.78. The molecule has 0 spiro atoms. The van der Waals surface area contributed by atoms with E-state index in [1.54, 1.807) is 0 Å². The van der Waals surface area contributed by atoms with Gasteiger partial charge in [0.15, 0.2) is 0 Å². The van der Waals surface area contributed by atoms with Crippen molar-refractivity contribution in [1.82, 2.24) is 20.4 Å². The van der Waals surface area contributed by atoms with Crippen LogP contribution in [-0.2, 0) is 26.2 Å². The molecule has 0 unspecified atom stereocenters. The molecule has 0 aliphatic carbocycles. The molecule has 0 atom stereocenters. The van der Waals surface area contributed by atoms with E-state index >= 15 is 0 Å². The van der Waals surface area contributed by atoms with Crippen molar-refractivity contribution in [3.63, 3.8) is 0 Å². The first-order chi connectivity index (χ1) is 14.1. The summed E-state index contributed by atoms with van der Waals surface area (Å²) in [6.45, 7) is 5.38. The molecular weight excluding hydrogens is 360 g/mol. The number of nitrogens with one attached hydrogen (secondary N) is 2. The lowest BCUT2D eigenvalue weighted by Gasteiger charge is -2.26. The summed E-state index contributed by atoms with van der Waals surface area (Å²) in [5, 5.41) is 5.93. The Morgan fingerprint density at radius 3 is 2.17 bits per heavy atom. The number of carbonyl (C=O) groups excluding carboxylic acids is 1. The minimum atomic E-state index is -0.137. The summed E-state index contributed by atoms with van der Waals surface area (Å²) in [6.07, 6.45) is 4.00. The van der Waals surface area contributed by atoms with Crippen LogP contribution in [0.2, 0.25) is 0 Å². The summed E-state index contributed by atoms with van der Waals surface area (Å²) >= 11 is 0. The van der Waals surface area contributed by atoms with Crippen molar-refractivity contribution in [1.29, 1.82) is 0 Å². The molecule has 156 valence electrons. The summed E-state index contributed by atoms with van der Waals surface area (Å²) in [4.78, 5) is 16.9. The summed E-state index contributed by atoms with van der Waals surface area (Å²) < 4.78 is 0. The fraction of sp³-hybridized carbons (Fsp3) is 0.458. The van der Waals surface area contributed by atoms with Gasteiger partial charge < -0.3 is 15.5 Å². The molecule has 2 N–H and O–H groups in total. The SMILES string of the molecule is CN(C)Cc1ccccc1CNC(=O)NCc1ccc(CN2CCCCC2)cc1. The summed E-state index contributed by atoms with van der Waals surface area (Å²) in [7, 11) is 4.10. The molecule has 1 saturated heterocycles. The lowest BCUT2D eigenvalue weighted by atomic mass is 10.1. The Morgan fingerprint density at radius 1 is 0.862 bits per heavy atom. The van der Waals surface area contributed by atoms with Gasteiger partial charge in [0, 0.05) is 26.2 Å². The largest absolute Gasteiger partial charge is 0.334 e. The fourth-order valence-corrected chi connectivity index (χ4v) is 3.78. The van der Waals surface area contributed by atoms with E-state index in [4.69, 9.17) is 0 Å². The number of carbonyl (C=O) groups is 1. The first-order valence-corrected chi connectivity index (χ1v) is 10.6. The second-order valence-electron chi connectivity index (χ2n) is 8.20. The van der Waals surface area contributed by atoms with Gasteiger partial charge in [-0.05, 0) is 62.3 Å². The van der Waals surface area contributed by atoms with Crippen molar-refractivity contribution in [3.8, 4) is 0 Å². The van der Waals surface area contributed by atoms with Gasteiger partial charge >= 0.3 is 6.03 Å². The first-order valence-electron chi connectivity index (χ1n) is 10.6. The Morgan fingerprint density at radius 2 is 1.48 bits per heavy atom. The van der Waals surface area contributed by atoms with E-state index in [0.717, 1.165) is 24.2 Å². The maximum atomic E-state index is 12.2. The van der Waals surface area contributed by atoms with Gasteiger partial charge in [-0.25, -0.2) is 4.79 Å². The van der Waals surface area contributed by atoms with Gasteiger partial charge in [-0.2, -0.15) is 0 Å². The van der Waals surface area contributed by atoms with E-state index in [9.17, 15) is 4.79 Å². The minimum Gasteiger partial charge on any atom is -0.334 e. The zero-order valence-electron chi connectivity index (χ0n) is 17.8. The molecule has 2 aromatic rings. The van der Waals surface area contributed by atoms with Gasteiger partial charge in [0.2, 0.25) is 0 Å². The second kappa shape index (κ2) is 11.0. The molecule has 1 fully saturated rings. The zero-order valence-corrected chi connectivity index (χ0v) is 17.8. The van der Waals surface area contributed by atoms with Crippen LogP contribution >= 0.6 is 0 Å². The minimum absolute atomic E-state index is 0.137. The van der Waals surface area contributed by atoms with Gasteiger partial charge in [0.25, 0.3) is 0 Å². The third-order valence-electron chi connectivity index (χ3n) is 5.38. The molecule has 5 heteroatoms. The molecule has 1 aliphatic heterocycles. The third kappa shape index (κ3) is 7.18. The number of urea groups is 1. The van der Waals surface area contributed by atoms with Crippen LogP contribution in [0.15, 0.2) is 48.5 Å². The smallest absolute Gasteiger partial charge is 0.315 e. The van der Waals surface area contributed by atoms with Crippen LogP contribution in [0.4, 0.5) is 4.79 Å². The molecule has 1 aliphatic rings. The van der Waals surface area contributed by atoms with Crippen molar-refractivity contribution in [2.75, 3.05) is 27.2 Å². The molecule has 2 aromatic carbocycles. The Labute approximate surface area is 175 Å². The normalized spacial score (nSPS) is 14.7. The third-order valence-corrected chi connectivity index (χ3v) is 5.38. The van der Waals surface area contributed by atoms with Crippen molar-refractivity contribution < 1.29 is 4.79 Å². The number of amides is 2. The van der Waals surface area contributed by atoms with Crippen molar-refractivity contribution in [2.45, 2.75) is 45.4 Å². The van der Waals surface area contributed by atoms with Crippen LogP contribution < -0.4 is 10.6 Å². The highest BCUT2D eigenvalue weighted by Gasteiger charge is 2.10. The van der Waals surface area contributed by atoms with Gasteiger partial charge in [0.1, 0.15) is 0 Å². The molecule has 3 rings (SSSR count). The lowest BCUT2D eigenvalue weighted by molar-refractivity contribution is 0.221. The molecule has 29 heavy (non-hydrogen) atoms. The Bertz CT molecular complexity index is 767.